The summed E-state index contributed by atoms with van der Waals surface area (Å²) in [7, 11) is 0. The van der Waals surface area contributed by atoms with Crippen LogP contribution in [0, 0.1) is 6.92 Å². The summed E-state index contributed by atoms with van der Waals surface area (Å²) in [5.74, 6) is 0.334. The number of rotatable bonds is 4. The SMILES string of the molecule is CCOC(=O)N1CCN(C(=O)c2cccc(C(=O)Nc3cc(C)on3)c2)CC1. The summed E-state index contributed by atoms with van der Waals surface area (Å²) in [4.78, 5) is 40.1. The van der Waals surface area contributed by atoms with Gasteiger partial charge in [0.1, 0.15) is 5.76 Å². The number of nitrogens with one attached hydrogen (secondary N) is 1. The van der Waals surface area contributed by atoms with Crippen molar-refractivity contribution in [3.05, 3.63) is 47.2 Å². The highest BCUT2D eigenvalue weighted by molar-refractivity contribution is 6.05. The Morgan fingerprint density at radius 2 is 1.79 bits per heavy atom. The van der Waals surface area contributed by atoms with Crippen LogP contribution >= 0.6 is 0 Å². The van der Waals surface area contributed by atoms with Gasteiger partial charge in [0.15, 0.2) is 5.82 Å². The highest BCUT2D eigenvalue weighted by atomic mass is 16.6. The van der Waals surface area contributed by atoms with E-state index in [2.05, 4.69) is 10.5 Å². The molecule has 0 unspecified atom stereocenters. The summed E-state index contributed by atoms with van der Waals surface area (Å²) in [6, 6.07) is 8.10. The van der Waals surface area contributed by atoms with Crippen molar-refractivity contribution in [3.8, 4) is 0 Å². The Bertz CT molecular complexity index is 871. The Kier molecular flexibility index (Phi) is 5.93. The zero-order valence-corrected chi connectivity index (χ0v) is 15.8. The molecule has 1 fully saturated rings. The maximum atomic E-state index is 12.8. The van der Waals surface area contributed by atoms with Crippen molar-refractivity contribution in [2.45, 2.75) is 13.8 Å². The van der Waals surface area contributed by atoms with Gasteiger partial charge in [0.2, 0.25) is 0 Å². The molecule has 1 aliphatic rings. The number of amides is 3. The van der Waals surface area contributed by atoms with Gasteiger partial charge in [-0.2, -0.15) is 0 Å². The molecule has 0 spiro atoms. The van der Waals surface area contributed by atoms with Crippen LogP contribution in [0.1, 0.15) is 33.4 Å². The molecule has 2 heterocycles. The van der Waals surface area contributed by atoms with Crippen molar-refractivity contribution in [2.75, 3.05) is 38.1 Å². The van der Waals surface area contributed by atoms with Crippen molar-refractivity contribution < 1.29 is 23.6 Å². The van der Waals surface area contributed by atoms with Gasteiger partial charge in [-0.3, -0.25) is 9.59 Å². The quantitative estimate of drug-likeness (QED) is 0.863. The minimum atomic E-state index is -0.380. The van der Waals surface area contributed by atoms with Crippen molar-refractivity contribution in [2.24, 2.45) is 0 Å². The summed E-state index contributed by atoms with van der Waals surface area (Å²) in [6.45, 7) is 5.44. The summed E-state index contributed by atoms with van der Waals surface area (Å²) >= 11 is 0. The monoisotopic (exact) mass is 386 g/mol. The van der Waals surface area contributed by atoms with Crippen LogP contribution in [0.4, 0.5) is 10.6 Å². The first kappa shape index (κ1) is 19.4. The molecule has 1 saturated heterocycles. The van der Waals surface area contributed by atoms with E-state index in [9.17, 15) is 14.4 Å². The van der Waals surface area contributed by atoms with Gasteiger partial charge < -0.3 is 24.4 Å². The van der Waals surface area contributed by atoms with Crippen LogP contribution in [0.3, 0.4) is 0 Å². The van der Waals surface area contributed by atoms with E-state index >= 15 is 0 Å². The molecule has 3 rings (SSSR count). The molecule has 0 bridgehead atoms. The molecule has 28 heavy (non-hydrogen) atoms. The van der Waals surface area contributed by atoms with Crippen molar-refractivity contribution >= 4 is 23.7 Å². The van der Waals surface area contributed by atoms with E-state index in [-0.39, 0.29) is 17.9 Å². The Morgan fingerprint density at radius 1 is 1.11 bits per heavy atom. The molecule has 1 aromatic carbocycles. The third kappa shape index (κ3) is 4.48. The number of hydrogen-bond acceptors (Lipinski definition) is 6. The highest BCUT2D eigenvalue weighted by Crippen LogP contribution is 2.14. The van der Waals surface area contributed by atoms with Gasteiger partial charge in [0.25, 0.3) is 11.8 Å². The smallest absolute Gasteiger partial charge is 0.409 e. The third-order valence-electron chi connectivity index (χ3n) is 4.33. The van der Waals surface area contributed by atoms with Crippen molar-refractivity contribution in [1.29, 1.82) is 0 Å². The van der Waals surface area contributed by atoms with Gasteiger partial charge in [-0.05, 0) is 32.0 Å². The lowest BCUT2D eigenvalue weighted by atomic mass is 10.1. The molecule has 1 aliphatic heterocycles. The van der Waals surface area contributed by atoms with Crippen LogP contribution in [0.25, 0.3) is 0 Å². The van der Waals surface area contributed by atoms with E-state index < -0.39 is 0 Å². The molecule has 1 N–H and O–H groups in total. The van der Waals surface area contributed by atoms with Crippen molar-refractivity contribution in [1.82, 2.24) is 15.0 Å². The second kappa shape index (κ2) is 8.55. The van der Waals surface area contributed by atoms with E-state index in [0.29, 0.717) is 55.5 Å². The van der Waals surface area contributed by atoms with Crippen LogP contribution in [0.2, 0.25) is 0 Å². The number of carbonyl (C=O) groups is 3. The van der Waals surface area contributed by atoms with Gasteiger partial charge >= 0.3 is 6.09 Å². The lowest BCUT2D eigenvalue weighted by Crippen LogP contribution is -2.50. The lowest BCUT2D eigenvalue weighted by Gasteiger charge is -2.34. The Hall–Kier alpha value is -3.36. The summed E-state index contributed by atoms with van der Waals surface area (Å²) in [5, 5.41) is 6.35. The zero-order valence-electron chi connectivity index (χ0n) is 15.8. The number of aryl methyl sites for hydroxylation is 1. The Labute approximate surface area is 162 Å². The molecule has 1 aromatic heterocycles. The fourth-order valence-electron chi connectivity index (χ4n) is 2.90. The molecule has 3 amide bonds. The number of benzene rings is 1. The second-order valence-corrected chi connectivity index (χ2v) is 6.34. The molecule has 2 aromatic rings. The number of aromatic nitrogens is 1. The van der Waals surface area contributed by atoms with E-state index in [0.717, 1.165) is 0 Å². The maximum Gasteiger partial charge on any atom is 0.409 e. The third-order valence-corrected chi connectivity index (χ3v) is 4.33. The van der Waals surface area contributed by atoms with E-state index in [1.807, 2.05) is 0 Å². The molecular weight excluding hydrogens is 364 g/mol. The lowest BCUT2D eigenvalue weighted by molar-refractivity contribution is 0.0570. The number of hydrogen-bond donors (Lipinski definition) is 1. The fraction of sp³-hybridized carbons (Fsp3) is 0.368. The predicted octanol–water partition coefficient (Wildman–Crippen LogP) is 2.15. The normalized spacial score (nSPS) is 13.9. The molecule has 0 radical (unpaired) electrons. The van der Waals surface area contributed by atoms with Crippen molar-refractivity contribution in [3.63, 3.8) is 0 Å². The average molecular weight is 386 g/mol. The molecule has 0 saturated carbocycles. The Morgan fingerprint density at radius 3 is 2.43 bits per heavy atom. The highest BCUT2D eigenvalue weighted by Gasteiger charge is 2.25. The fourth-order valence-corrected chi connectivity index (χ4v) is 2.90. The number of anilines is 1. The number of nitrogens with zero attached hydrogens (tertiary/aromatic N) is 3. The molecule has 0 atom stereocenters. The van der Waals surface area contributed by atoms with Gasteiger partial charge in [-0.1, -0.05) is 11.2 Å². The first-order valence-electron chi connectivity index (χ1n) is 9.03. The van der Waals surface area contributed by atoms with Crippen LogP contribution in [-0.4, -0.2) is 65.6 Å². The second-order valence-electron chi connectivity index (χ2n) is 6.34. The molecular formula is C19H22N4O5. The van der Waals surface area contributed by atoms with Crippen LogP contribution in [0.5, 0.6) is 0 Å². The minimum absolute atomic E-state index is 0.185. The number of carbonyl (C=O) groups excluding carboxylic acids is 3. The predicted molar refractivity (Wildman–Crippen MR) is 100 cm³/mol. The summed E-state index contributed by atoms with van der Waals surface area (Å²) in [6.07, 6.45) is -0.364. The first-order valence-corrected chi connectivity index (χ1v) is 9.03. The van der Waals surface area contributed by atoms with Crippen LogP contribution in [-0.2, 0) is 4.74 Å². The largest absolute Gasteiger partial charge is 0.450 e. The van der Waals surface area contributed by atoms with E-state index in [1.54, 1.807) is 54.0 Å². The maximum absolute atomic E-state index is 12.8. The number of piperazine rings is 1. The van der Waals surface area contributed by atoms with E-state index in [4.69, 9.17) is 9.26 Å². The first-order chi connectivity index (χ1) is 13.5. The summed E-state index contributed by atoms with van der Waals surface area (Å²) in [5.41, 5.74) is 0.755. The Balaban J connectivity index is 1.62. The minimum Gasteiger partial charge on any atom is -0.450 e. The molecule has 0 aliphatic carbocycles. The number of ether oxygens (including phenoxy) is 1. The molecule has 148 valence electrons. The zero-order chi connectivity index (χ0) is 20.1. The standard InChI is InChI=1S/C19H22N4O5/c1-3-27-19(26)23-9-7-22(8-10-23)18(25)15-6-4-5-14(12-15)17(24)20-16-11-13(2)28-21-16/h4-6,11-12H,3,7-10H2,1-2H3,(H,20,21,24). The molecule has 9 heteroatoms. The van der Waals surface area contributed by atoms with Gasteiger partial charge in [-0.25, -0.2) is 4.79 Å². The topological polar surface area (TPSA) is 105 Å². The summed E-state index contributed by atoms with van der Waals surface area (Å²) < 4.78 is 9.90. The van der Waals surface area contributed by atoms with Gasteiger partial charge in [0.05, 0.1) is 6.61 Å². The van der Waals surface area contributed by atoms with Gasteiger partial charge in [-0.15, -0.1) is 0 Å². The van der Waals surface area contributed by atoms with Crippen LogP contribution < -0.4 is 5.32 Å². The molecule has 9 nitrogen and oxygen atoms in total. The van der Waals surface area contributed by atoms with Crippen LogP contribution in [0.15, 0.2) is 34.9 Å². The van der Waals surface area contributed by atoms with Gasteiger partial charge in [0, 0.05) is 43.4 Å². The van der Waals surface area contributed by atoms with E-state index in [1.165, 1.54) is 0 Å². The average Bonchev–Trinajstić information content (AvgIpc) is 3.12.